The van der Waals surface area contributed by atoms with Crippen molar-refractivity contribution in [1.82, 2.24) is 10.1 Å². The Morgan fingerprint density at radius 3 is 3.08 bits per heavy atom. The Bertz CT molecular complexity index is 313. The molecule has 0 unspecified atom stereocenters. The fourth-order valence-electron chi connectivity index (χ4n) is 1.73. The fraction of sp³-hybridized carbons (Fsp3) is 0.400. The van der Waals surface area contributed by atoms with Gasteiger partial charge in [-0.15, -0.1) is 0 Å². The number of nitrogens with one attached hydrogen (secondary N) is 1. The molecular weight excluding hydrogens is 159 g/mol. The van der Waals surface area contributed by atoms with E-state index in [1.807, 2.05) is 0 Å². The highest BCUT2D eigenvalue weighted by Crippen LogP contribution is 2.28. The van der Waals surface area contributed by atoms with Crippen molar-refractivity contribution in [3.8, 4) is 0 Å². The van der Waals surface area contributed by atoms with Gasteiger partial charge in [-0.2, -0.15) is 0 Å². The Labute approximate surface area is 80.4 Å². The summed E-state index contributed by atoms with van der Waals surface area (Å²) in [5, 5.41) is 3.38. The van der Waals surface area contributed by atoms with Crippen LogP contribution in [0.3, 0.4) is 0 Å². The molecule has 2 nitrogen and oxygen atoms in total. The van der Waals surface area contributed by atoms with Crippen LogP contribution >= 0.6 is 0 Å². The van der Waals surface area contributed by atoms with Gasteiger partial charge in [-0.25, -0.2) is 0 Å². The SMILES string of the molecule is BN1CNC2=CC(C)(C)C=CC=C21. The van der Waals surface area contributed by atoms with Crippen molar-refractivity contribution >= 4 is 7.98 Å². The van der Waals surface area contributed by atoms with Gasteiger partial charge >= 0.3 is 0 Å². The second-order valence-electron chi connectivity index (χ2n) is 4.32. The summed E-state index contributed by atoms with van der Waals surface area (Å²) < 4.78 is 0. The first-order chi connectivity index (χ1) is 6.08. The molecule has 0 bridgehead atoms. The van der Waals surface area contributed by atoms with Crippen molar-refractivity contribution in [1.29, 1.82) is 0 Å². The van der Waals surface area contributed by atoms with Crippen molar-refractivity contribution < 1.29 is 0 Å². The van der Waals surface area contributed by atoms with Gasteiger partial charge in [0.05, 0.1) is 12.4 Å². The van der Waals surface area contributed by atoms with Crippen LogP contribution in [0.15, 0.2) is 35.7 Å². The van der Waals surface area contributed by atoms with E-state index in [2.05, 4.69) is 56.3 Å². The monoisotopic (exact) mass is 174 g/mol. The predicted molar refractivity (Wildman–Crippen MR) is 57.5 cm³/mol. The quantitative estimate of drug-likeness (QED) is 0.545. The molecule has 0 aromatic carbocycles. The standard InChI is InChI=1S/C10H15BN2/c1-10(2)5-3-4-9-8(6-10)12-7-13(9)11/h3-6,12H,7,11H2,1-2H3. The lowest BCUT2D eigenvalue weighted by Gasteiger charge is -2.14. The number of fused-ring (bicyclic) bond motifs is 1. The van der Waals surface area contributed by atoms with Crippen molar-refractivity contribution in [2.45, 2.75) is 13.8 Å². The molecule has 1 aliphatic heterocycles. The van der Waals surface area contributed by atoms with Gasteiger partial charge in [-0.1, -0.05) is 26.0 Å². The van der Waals surface area contributed by atoms with Gasteiger partial charge in [0.15, 0.2) is 0 Å². The van der Waals surface area contributed by atoms with E-state index in [4.69, 9.17) is 0 Å². The molecule has 1 fully saturated rings. The number of allylic oxidation sites excluding steroid dienone is 4. The molecular formula is C10H15BN2. The largest absolute Gasteiger partial charge is 0.405 e. The van der Waals surface area contributed by atoms with Crippen molar-refractivity contribution in [2.24, 2.45) is 5.41 Å². The molecule has 3 heteroatoms. The molecule has 0 saturated carbocycles. The van der Waals surface area contributed by atoms with E-state index in [0.29, 0.717) is 0 Å². The summed E-state index contributed by atoms with van der Waals surface area (Å²) in [6.07, 6.45) is 8.82. The average Bonchev–Trinajstić information content (AvgIpc) is 2.31. The Morgan fingerprint density at radius 1 is 1.54 bits per heavy atom. The smallest absolute Gasteiger partial charge is 0.219 e. The first kappa shape index (κ1) is 8.48. The summed E-state index contributed by atoms with van der Waals surface area (Å²) in [5.41, 5.74) is 2.71. The molecule has 0 atom stereocenters. The van der Waals surface area contributed by atoms with Crippen LogP contribution in [0.25, 0.3) is 0 Å². The number of hydrogen-bond acceptors (Lipinski definition) is 2. The van der Waals surface area contributed by atoms with E-state index in [0.717, 1.165) is 6.67 Å². The Morgan fingerprint density at radius 2 is 2.31 bits per heavy atom. The Kier molecular flexibility index (Phi) is 1.75. The molecule has 68 valence electrons. The lowest BCUT2D eigenvalue weighted by molar-refractivity contribution is 0.604. The molecule has 1 aliphatic carbocycles. The summed E-state index contributed by atoms with van der Waals surface area (Å²) in [6.45, 7) is 5.35. The summed E-state index contributed by atoms with van der Waals surface area (Å²) in [5.74, 6) is 0. The van der Waals surface area contributed by atoms with E-state index in [1.165, 1.54) is 11.4 Å². The van der Waals surface area contributed by atoms with Crippen LogP contribution in [0.4, 0.5) is 0 Å². The second-order valence-corrected chi connectivity index (χ2v) is 4.32. The normalized spacial score (nSPS) is 24.3. The fourth-order valence-corrected chi connectivity index (χ4v) is 1.73. The van der Waals surface area contributed by atoms with E-state index in [-0.39, 0.29) is 5.41 Å². The topological polar surface area (TPSA) is 15.3 Å². The van der Waals surface area contributed by atoms with Gasteiger partial charge < -0.3 is 10.1 Å². The number of hydrogen-bond donors (Lipinski definition) is 1. The zero-order valence-electron chi connectivity index (χ0n) is 8.46. The molecule has 13 heavy (non-hydrogen) atoms. The average molecular weight is 174 g/mol. The Hall–Kier alpha value is -1.12. The third kappa shape index (κ3) is 1.51. The summed E-state index contributed by atoms with van der Waals surface area (Å²) >= 11 is 0. The summed E-state index contributed by atoms with van der Waals surface area (Å²) in [7, 11) is 2.10. The Balaban J connectivity index is 2.41. The molecule has 1 N–H and O–H groups in total. The van der Waals surface area contributed by atoms with Crippen LogP contribution in [0.2, 0.25) is 0 Å². The minimum atomic E-state index is 0.158. The van der Waals surface area contributed by atoms with Crippen LogP contribution in [0, 0.1) is 5.41 Å². The zero-order valence-corrected chi connectivity index (χ0v) is 8.46. The van der Waals surface area contributed by atoms with Crippen molar-refractivity contribution in [2.75, 3.05) is 6.67 Å². The van der Waals surface area contributed by atoms with Gasteiger partial charge in [0.2, 0.25) is 7.98 Å². The highest BCUT2D eigenvalue weighted by atomic mass is 15.2. The summed E-state index contributed by atoms with van der Waals surface area (Å²) in [6, 6.07) is 0. The molecule has 0 spiro atoms. The van der Waals surface area contributed by atoms with E-state index < -0.39 is 0 Å². The van der Waals surface area contributed by atoms with Crippen molar-refractivity contribution in [3.63, 3.8) is 0 Å². The number of nitrogens with zero attached hydrogens (tertiary/aromatic N) is 1. The van der Waals surface area contributed by atoms with E-state index in [9.17, 15) is 0 Å². The van der Waals surface area contributed by atoms with Gasteiger partial charge in [0, 0.05) is 11.1 Å². The van der Waals surface area contributed by atoms with Crippen LogP contribution in [-0.4, -0.2) is 19.5 Å². The lowest BCUT2D eigenvalue weighted by Crippen LogP contribution is -2.17. The third-order valence-electron chi connectivity index (χ3n) is 2.49. The van der Waals surface area contributed by atoms with E-state index in [1.54, 1.807) is 0 Å². The minimum absolute atomic E-state index is 0.158. The van der Waals surface area contributed by atoms with E-state index >= 15 is 0 Å². The third-order valence-corrected chi connectivity index (χ3v) is 2.49. The maximum absolute atomic E-state index is 3.38. The highest BCUT2D eigenvalue weighted by Gasteiger charge is 2.22. The molecule has 0 radical (unpaired) electrons. The molecule has 0 aromatic rings. The van der Waals surface area contributed by atoms with Crippen LogP contribution in [0.5, 0.6) is 0 Å². The van der Waals surface area contributed by atoms with Crippen molar-refractivity contribution in [3.05, 3.63) is 35.7 Å². The maximum Gasteiger partial charge on any atom is 0.219 e. The van der Waals surface area contributed by atoms with Gasteiger partial charge in [-0.3, -0.25) is 0 Å². The second kappa shape index (κ2) is 2.69. The first-order valence-corrected chi connectivity index (χ1v) is 4.66. The molecule has 1 saturated heterocycles. The number of rotatable bonds is 0. The molecule has 2 aliphatic rings. The van der Waals surface area contributed by atoms with Gasteiger partial charge in [0.1, 0.15) is 0 Å². The molecule has 2 rings (SSSR count). The minimum Gasteiger partial charge on any atom is -0.405 e. The molecule has 1 heterocycles. The maximum atomic E-state index is 3.38. The molecule has 0 amide bonds. The predicted octanol–water partition coefficient (Wildman–Crippen LogP) is 0.761. The first-order valence-electron chi connectivity index (χ1n) is 4.66. The lowest BCUT2D eigenvalue weighted by atomic mass is 9.92. The van der Waals surface area contributed by atoms with Crippen LogP contribution in [0.1, 0.15) is 13.8 Å². The summed E-state index contributed by atoms with van der Waals surface area (Å²) in [4.78, 5) is 2.22. The van der Waals surface area contributed by atoms with Gasteiger partial charge in [0.25, 0.3) is 0 Å². The zero-order chi connectivity index (χ0) is 9.47. The van der Waals surface area contributed by atoms with Crippen LogP contribution < -0.4 is 5.32 Å². The molecule has 0 aromatic heterocycles. The van der Waals surface area contributed by atoms with Gasteiger partial charge in [-0.05, 0) is 12.2 Å². The highest BCUT2D eigenvalue weighted by molar-refractivity contribution is 6.06. The van der Waals surface area contributed by atoms with Crippen LogP contribution in [-0.2, 0) is 0 Å².